The van der Waals surface area contributed by atoms with Crippen molar-refractivity contribution < 1.29 is 14.6 Å². The molecule has 3 N–H and O–H groups in total. The second-order valence-electron chi connectivity index (χ2n) is 7.47. The molecule has 0 atom stereocenters. The Kier molecular flexibility index (Phi) is 5.24. The van der Waals surface area contributed by atoms with Crippen molar-refractivity contribution in [3.8, 4) is 22.8 Å². The SMILES string of the molecule is COc1ccc(Cn2nc(-c3ccccc3)c(O)c2C(=O)Nc2nc3ccccc3[nH]2)cc1. The topological polar surface area (TPSA) is 105 Å². The highest BCUT2D eigenvalue weighted by atomic mass is 16.5. The number of aromatic hydroxyl groups is 1. The van der Waals surface area contributed by atoms with Gasteiger partial charge in [-0.05, 0) is 29.8 Å². The van der Waals surface area contributed by atoms with E-state index < -0.39 is 5.91 Å². The van der Waals surface area contributed by atoms with Gasteiger partial charge in [0.2, 0.25) is 5.95 Å². The fourth-order valence-electron chi connectivity index (χ4n) is 3.66. The fraction of sp³-hybridized carbons (Fsp3) is 0.0800. The molecule has 3 aromatic carbocycles. The third-order valence-corrected chi connectivity index (χ3v) is 5.30. The van der Waals surface area contributed by atoms with E-state index in [9.17, 15) is 9.90 Å². The van der Waals surface area contributed by atoms with Gasteiger partial charge < -0.3 is 14.8 Å². The molecule has 0 saturated carbocycles. The molecule has 2 aromatic heterocycles. The van der Waals surface area contributed by atoms with Crippen molar-refractivity contribution >= 4 is 22.9 Å². The van der Waals surface area contributed by atoms with Crippen molar-refractivity contribution in [1.82, 2.24) is 19.7 Å². The zero-order chi connectivity index (χ0) is 22.8. The number of H-pyrrole nitrogens is 1. The average Bonchev–Trinajstić information content (AvgIpc) is 3.40. The quantitative estimate of drug-likeness (QED) is 0.363. The molecule has 0 fully saturated rings. The van der Waals surface area contributed by atoms with Gasteiger partial charge in [0.1, 0.15) is 11.4 Å². The minimum Gasteiger partial charge on any atom is -0.504 e. The molecule has 8 nitrogen and oxygen atoms in total. The van der Waals surface area contributed by atoms with Gasteiger partial charge >= 0.3 is 0 Å². The van der Waals surface area contributed by atoms with E-state index in [1.807, 2.05) is 78.9 Å². The molecule has 0 radical (unpaired) electrons. The van der Waals surface area contributed by atoms with Crippen molar-refractivity contribution in [2.24, 2.45) is 0 Å². The number of carbonyl (C=O) groups is 1. The second kappa shape index (κ2) is 8.51. The average molecular weight is 439 g/mol. The maximum atomic E-state index is 13.3. The fourth-order valence-corrected chi connectivity index (χ4v) is 3.66. The first kappa shape index (κ1) is 20.3. The zero-order valence-corrected chi connectivity index (χ0v) is 17.8. The summed E-state index contributed by atoms with van der Waals surface area (Å²) in [4.78, 5) is 20.7. The molecule has 33 heavy (non-hydrogen) atoms. The van der Waals surface area contributed by atoms with Crippen molar-refractivity contribution in [3.63, 3.8) is 0 Å². The molecular formula is C25H21N5O3. The number of ether oxygens (including phenoxy) is 1. The van der Waals surface area contributed by atoms with Gasteiger partial charge in [0.05, 0.1) is 24.7 Å². The molecule has 8 heteroatoms. The van der Waals surface area contributed by atoms with Crippen LogP contribution in [-0.4, -0.2) is 37.9 Å². The summed E-state index contributed by atoms with van der Waals surface area (Å²) in [6.45, 7) is 0.285. The third kappa shape index (κ3) is 4.01. The van der Waals surface area contributed by atoms with Crippen molar-refractivity contribution in [1.29, 1.82) is 0 Å². The summed E-state index contributed by atoms with van der Waals surface area (Å²) in [5, 5.41) is 18.3. The molecule has 0 aliphatic rings. The van der Waals surface area contributed by atoms with E-state index in [0.29, 0.717) is 17.2 Å². The number of nitrogens with one attached hydrogen (secondary N) is 2. The lowest BCUT2D eigenvalue weighted by Crippen LogP contribution is -2.19. The number of carbonyl (C=O) groups excluding carboxylic acids is 1. The Morgan fingerprint density at radius 3 is 2.48 bits per heavy atom. The molecule has 0 spiro atoms. The van der Waals surface area contributed by atoms with Crippen LogP contribution in [-0.2, 0) is 6.54 Å². The lowest BCUT2D eigenvalue weighted by molar-refractivity contribution is 0.101. The number of amides is 1. The van der Waals surface area contributed by atoms with Crippen molar-refractivity contribution in [2.75, 3.05) is 12.4 Å². The monoisotopic (exact) mass is 439 g/mol. The molecule has 0 aliphatic heterocycles. The molecule has 5 rings (SSSR count). The van der Waals surface area contributed by atoms with Gasteiger partial charge in [-0.15, -0.1) is 0 Å². The van der Waals surface area contributed by atoms with Crippen LogP contribution in [0.25, 0.3) is 22.3 Å². The molecule has 1 amide bonds. The predicted octanol–water partition coefficient (Wildman–Crippen LogP) is 4.44. The lowest BCUT2D eigenvalue weighted by atomic mass is 10.1. The van der Waals surface area contributed by atoms with Crippen LogP contribution in [0.3, 0.4) is 0 Å². The van der Waals surface area contributed by atoms with E-state index >= 15 is 0 Å². The number of benzene rings is 3. The number of para-hydroxylation sites is 2. The van der Waals surface area contributed by atoms with E-state index in [1.165, 1.54) is 4.68 Å². The van der Waals surface area contributed by atoms with E-state index in [0.717, 1.165) is 22.3 Å². The van der Waals surface area contributed by atoms with Crippen LogP contribution in [0.4, 0.5) is 5.95 Å². The molecule has 5 aromatic rings. The van der Waals surface area contributed by atoms with E-state index in [1.54, 1.807) is 7.11 Å². The largest absolute Gasteiger partial charge is 0.504 e. The van der Waals surface area contributed by atoms with Crippen LogP contribution in [0.5, 0.6) is 11.5 Å². The van der Waals surface area contributed by atoms with Crippen molar-refractivity contribution in [3.05, 3.63) is 90.1 Å². The van der Waals surface area contributed by atoms with Gasteiger partial charge in [-0.2, -0.15) is 5.10 Å². The van der Waals surface area contributed by atoms with Crippen LogP contribution in [0.2, 0.25) is 0 Å². The van der Waals surface area contributed by atoms with Crippen LogP contribution in [0.1, 0.15) is 16.1 Å². The Morgan fingerprint density at radius 1 is 1.03 bits per heavy atom. The highest BCUT2D eigenvalue weighted by Crippen LogP contribution is 2.32. The number of nitrogens with zero attached hydrogens (tertiary/aromatic N) is 3. The number of fused-ring (bicyclic) bond motifs is 1. The molecule has 0 saturated heterocycles. The summed E-state index contributed by atoms with van der Waals surface area (Å²) >= 11 is 0. The van der Waals surface area contributed by atoms with E-state index in [2.05, 4.69) is 20.4 Å². The van der Waals surface area contributed by atoms with Crippen LogP contribution < -0.4 is 10.1 Å². The number of rotatable bonds is 6. The smallest absolute Gasteiger partial charge is 0.280 e. The molecule has 164 valence electrons. The Labute approximate surface area is 189 Å². The second-order valence-corrected chi connectivity index (χ2v) is 7.47. The summed E-state index contributed by atoms with van der Waals surface area (Å²) in [6, 6.07) is 24.2. The third-order valence-electron chi connectivity index (χ3n) is 5.30. The van der Waals surface area contributed by atoms with Gasteiger partial charge in [-0.1, -0.05) is 54.6 Å². The summed E-state index contributed by atoms with van der Waals surface area (Å²) in [5.41, 5.74) is 3.52. The number of hydrogen-bond acceptors (Lipinski definition) is 5. The van der Waals surface area contributed by atoms with Crippen LogP contribution in [0, 0.1) is 0 Å². The number of anilines is 1. The maximum absolute atomic E-state index is 13.3. The minimum absolute atomic E-state index is 0.0464. The first-order valence-corrected chi connectivity index (χ1v) is 10.4. The summed E-state index contributed by atoms with van der Waals surface area (Å²) in [5.74, 6) is 0.312. The Balaban J connectivity index is 1.53. The molecule has 2 heterocycles. The standard InChI is InChI=1S/C25H21N5O3/c1-33-18-13-11-16(12-14-18)15-30-22(23(31)21(29-30)17-7-3-2-4-8-17)24(32)28-25-26-19-9-5-6-10-20(19)27-25/h2-14,31H,15H2,1H3,(H2,26,27,28,32). The van der Waals surface area contributed by atoms with E-state index in [4.69, 9.17) is 4.74 Å². The van der Waals surface area contributed by atoms with E-state index in [-0.39, 0.29) is 18.0 Å². The van der Waals surface area contributed by atoms with Crippen LogP contribution in [0.15, 0.2) is 78.9 Å². The lowest BCUT2D eigenvalue weighted by Gasteiger charge is -2.08. The Hall–Kier alpha value is -4.59. The maximum Gasteiger partial charge on any atom is 0.280 e. The van der Waals surface area contributed by atoms with Crippen molar-refractivity contribution in [2.45, 2.75) is 6.54 Å². The molecule has 0 bridgehead atoms. The Morgan fingerprint density at radius 2 is 1.76 bits per heavy atom. The molecular weight excluding hydrogens is 418 g/mol. The number of imidazole rings is 1. The van der Waals surface area contributed by atoms with Gasteiger partial charge in [0, 0.05) is 5.56 Å². The summed E-state index contributed by atoms with van der Waals surface area (Å²) in [7, 11) is 1.60. The zero-order valence-electron chi connectivity index (χ0n) is 17.8. The normalized spacial score (nSPS) is 10.9. The number of hydrogen-bond donors (Lipinski definition) is 3. The van der Waals surface area contributed by atoms with Crippen LogP contribution >= 0.6 is 0 Å². The highest BCUT2D eigenvalue weighted by Gasteiger charge is 2.25. The van der Waals surface area contributed by atoms with Gasteiger partial charge in [0.15, 0.2) is 11.4 Å². The Bertz CT molecular complexity index is 1390. The number of aromatic amines is 1. The predicted molar refractivity (Wildman–Crippen MR) is 125 cm³/mol. The molecule has 0 aliphatic carbocycles. The molecule has 0 unspecified atom stereocenters. The first-order valence-electron chi connectivity index (χ1n) is 10.4. The summed E-state index contributed by atoms with van der Waals surface area (Å²) < 4.78 is 6.71. The summed E-state index contributed by atoms with van der Waals surface area (Å²) in [6.07, 6.45) is 0. The number of methoxy groups -OCH3 is 1. The van der Waals surface area contributed by atoms with Gasteiger partial charge in [-0.25, -0.2) is 4.98 Å². The van der Waals surface area contributed by atoms with Gasteiger partial charge in [0.25, 0.3) is 5.91 Å². The first-order chi connectivity index (χ1) is 16.1. The van der Waals surface area contributed by atoms with Gasteiger partial charge in [-0.3, -0.25) is 14.8 Å². The minimum atomic E-state index is -0.519. The highest BCUT2D eigenvalue weighted by molar-refractivity contribution is 6.05. The number of aromatic nitrogens is 4.